The average molecular weight is 431 g/mol. The number of hydrogen-bond donors (Lipinski definition) is 1. The number of fused-ring (bicyclic) bond motifs is 1. The van der Waals surface area contributed by atoms with E-state index in [4.69, 9.17) is 16.6 Å². The second-order valence-electron chi connectivity index (χ2n) is 7.62. The molecule has 3 heterocycles. The predicted octanol–water partition coefficient (Wildman–Crippen LogP) is 4.83. The lowest BCUT2D eigenvalue weighted by Gasteiger charge is -2.17. The van der Waals surface area contributed by atoms with E-state index in [9.17, 15) is 14.9 Å². The fourth-order valence-electron chi connectivity index (χ4n) is 3.62. The van der Waals surface area contributed by atoms with Crippen molar-refractivity contribution in [2.45, 2.75) is 26.8 Å². The molecule has 4 rings (SSSR count). The van der Waals surface area contributed by atoms with E-state index in [1.165, 1.54) is 6.07 Å². The van der Waals surface area contributed by atoms with Gasteiger partial charge < -0.3 is 9.55 Å². The zero-order valence-electron chi connectivity index (χ0n) is 17.2. The lowest BCUT2D eigenvalue weighted by Crippen LogP contribution is -2.21. The fourth-order valence-corrected chi connectivity index (χ4v) is 3.83. The molecule has 0 amide bonds. The summed E-state index contributed by atoms with van der Waals surface area (Å²) in [6.45, 7) is 5.68. The van der Waals surface area contributed by atoms with Crippen molar-refractivity contribution in [2.75, 3.05) is 0 Å². The van der Waals surface area contributed by atoms with Gasteiger partial charge in [0.15, 0.2) is 0 Å². The van der Waals surface area contributed by atoms with Crippen LogP contribution in [-0.2, 0) is 0 Å². The number of aromatic amines is 1. The van der Waals surface area contributed by atoms with Gasteiger partial charge >= 0.3 is 0 Å². The van der Waals surface area contributed by atoms with E-state index in [1.807, 2.05) is 32.9 Å². The lowest BCUT2D eigenvalue weighted by molar-refractivity contribution is 0.579. The van der Waals surface area contributed by atoms with Crippen LogP contribution in [0.4, 0.5) is 0 Å². The van der Waals surface area contributed by atoms with Crippen LogP contribution in [0, 0.1) is 18.3 Å². The van der Waals surface area contributed by atoms with Crippen LogP contribution >= 0.6 is 11.6 Å². The van der Waals surface area contributed by atoms with Crippen molar-refractivity contribution in [3.8, 4) is 28.5 Å². The Labute approximate surface area is 183 Å². The molecule has 154 valence electrons. The van der Waals surface area contributed by atoms with E-state index in [-0.39, 0.29) is 22.2 Å². The number of nitrogens with one attached hydrogen (secondary N) is 1. The Hall–Kier alpha value is -3.69. The molecule has 0 radical (unpaired) electrons. The zero-order valence-corrected chi connectivity index (χ0v) is 18.0. The Morgan fingerprint density at radius 2 is 1.90 bits per heavy atom. The topological polar surface area (TPSA) is 91.5 Å². The fraction of sp³-hybridized carbons (Fsp3) is 0.167. The Kier molecular flexibility index (Phi) is 5.22. The van der Waals surface area contributed by atoms with Crippen molar-refractivity contribution in [1.82, 2.24) is 14.5 Å². The largest absolute Gasteiger partial charge is 0.311 e. The summed E-state index contributed by atoms with van der Waals surface area (Å²) in [5.74, 6) is 0. The van der Waals surface area contributed by atoms with Gasteiger partial charge in [-0.2, -0.15) is 5.26 Å². The van der Waals surface area contributed by atoms with Crippen LogP contribution in [0.15, 0.2) is 58.3 Å². The predicted molar refractivity (Wildman–Crippen MR) is 122 cm³/mol. The molecule has 4 aromatic rings. The maximum absolute atomic E-state index is 12.5. The summed E-state index contributed by atoms with van der Waals surface area (Å²) in [5, 5.41) is 10.3. The van der Waals surface area contributed by atoms with Crippen LogP contribution in [0.2, 0.25) is 5.02 Å². The summed E-state index contributed by atoms with van der Waals surface area (Å²) in [7, 11) is 0. The molecule has 0 saturated carbocycles. The van der Waals surface area contributed by atoms with Crippen molar-refractivity contribution < 1.29 is 0 Å². The molecular weight excluding hydrogens is 412 g/mol. The minimum atomic E-state index is -0.261. The summed E-state index contributed by atoms with van der Waals surface area (Å²) in [6.07, 6.45) is 1.76. The second-order valence-corrected chi connectivity index (χ2v) is 8.02. The highest BCUT2D eigenvalue weighted by Gasteiger charge is 2.18. The molecule has 0 spiro atoms. The third-order valence-electron chi connectivity index (χ3n) is 5.28. The number of nitriles is 1. The monoisotopic (exact) mass is 430 g/mol. The highest BCUT2D eigenvalue weighted by Crippen LogP contribution is 2.35. The Morgan fingerprint density at radius 1 is 1.13 bits per heavy atom. The summed E-state index contributed by atoms with van der Waals surface area (Å²) in [4.78, 5) is 31.9. The molecule has 3 aromatic heterocycles. The molecule has 0 aliphatic heterocycles. The molecule has 0 aliphatic rings. The third kappa shape index (κ3) is 3.65. The number of pyridine rings is 3. The standard InChI is InChI=1S/C24H19ClN4O2/c1-13(2)29-12-17(10-20(25)24(29)31)19-9-15-7-8-21(30)27-23(15)28-22(19)18-6-4-5-16(11-26)14(18)3/h4-10,12-13H,1-3H3,(H,27,28,30). The molecule has 0 fully saturated rings. The molecule has 31 heavy (non-hydrogen) atoms. The first kappa shape index (κ1) is 20.6. The van der Waals surface area contributed by atoms with Crippen LogP contribution in [0.3, 0.4) is 0 Å². The number of aromatic nitrogens is 3. The lowest BCUT2D eigenvalue weighted by atomic mass is 9.94. The number of nitrogens with zero attached hydrogens (tertiary/aromatic N) is 3. The number of rotatable bonds is 3. The van der Waals surface area contributed by atoms with Crippen LogP contribution in [-0.4, -0.2) is 14.5 Å². The molecule has 1 N–H and O–H groups in total. The zero-order chi connectivity index (χ0) is 22.3. The summed E-state index contributed by atoms with van der Waals surface area (Å²) in [6, 6.07) is 14.2. The van der Waals surface area contributed by atoms with Gasteiger partial charge in [0.2, 0.25) is 5.56 Å². The maximum Gasteiger partial charge on any atom is 0.269 e. The van der Waals surface area contributed by atoms with E-state index in [0.717, 1.165) is 27.6 Å². The molecule has 6 nitrogen and oxygen atoms in total. The number of H-pyrrole nitrogens is 1. The van der Waals surface area contributed by atoms with E-state index in [2.05, 4.69) is 11.1 Å². The van der Waals surface area contributed by atoms with Gasteiger partial charge in [-0.25, -0.2) is 4.98 Å². The van der Waals surface area contributed by atoms with E-state index < -0.39 is 0 Å². The van der Waals surface area contributed by atoms with Gasteiger partial charge in [-0.05, 0) is 50.6 Å². The minimum Gasteiger partial charge on any atom is -0.311 e. The Morgan fingerprint density at radius 3 is 2.61 bits per heavy atom. The van der Waals surface area contributed by atoms with Gasteiger partial charge in [-0.3, -0.25) is 9.59 Å². The molecule has 7 heteroatoms. The summed E-state index contributed by atoms with van der Waals surface area (Å²) in [5.41, 5.74) is 4.06. The van der Waals surface area contributed by atoms with Gasteiger partial charge in [0, 0.05) is 40.4 Å². The molecule has 0 bridgehead atoms. The van der Waals surface area contributed by atoms with Crippen molar-refractivity contribution in [2.24, 2.45) is 0 Å². The normalized spacial score (nSPS) is 11.1. The SMILES string of the molecule is Cc1c(C#N)cccc1-c1nc2[nH]c(=O)ccc2cc1-c1cc(Cl)c(=O)n(C(C)C)c1. The van der Waals surface area contributed by atoms with Crippen molar-refractivity contribution in [3.63, 3.8) is 0 Å². The van der Waals surface area contributed by atoms with Gasteiger partial charge in [0.1, 0.15) is 10.7 Å². The smallest absolute Gasteiger partial charge is 0.269 e. The number of hydrogen-bond acceptors (Lipinski definition) is 4. The van der Waals surface area contributed by atoms with Crippen molar-refractivity contribution >= 4 is 22.6 Å². The first-order chi connectivity index (χ1) is 14.8. The highest BCUT2D eigenvalue weighted by atomic mass is 35.5. The maximum atomic E-state index is 12.5. The van der Waals surface area contributed by atoms with E-state index in [1.54, 1.807) is 35.0 Å². The summed E-state index contributed by atoms with van der Waals surface area (Å²) >= 11 is 6.28. The molecular formula is C24H19ClN4O2. The second kappa shape index (κ2) is 7.86. The molecule has 1 aromatic carbocycles. The summed E-state index contributed by atoms with van der Waals surface area (Å²) < 4.78 is 1.58. The first-order valence-electron chi connectivity index (χ1n) is 9.76. The third-order valence-corrected chi connectivity index (χ3v) is 5.55. The minimum absolute atomic E-state index is 0.0816. The Bertz CT molecular complexity index is 1490. The van der Waals surface area contributed by atoms with Gasteiger partial charge in [0.05, 0.1) is 17.3 Å². The number of halogens is 1. The van der Waals surface area contributed by atoms with Crippen LogP contribution in [0.5, 0.6) is 0 Å². The Balaban J connectivity index is 2.12. The molecule has 0 unspecified atom stereocenters. The first-order valence-corrected chi connectivity index (χ1v) is 10.1. The quantitative estimate of drug-likeness (QED) is 0.503. The molecule has 0 aliphatic carbocycles. The molecule has 0 saturated heterocycles. The van der Waals surface area contributed by atoms with Crippen LogP contribution in [0.1, 0.15) is 31.0 Å². The van der Waals surface area contributed by atoms with Crippen molar-refractivity contribution in [1.29, 1.82) is 5.26 Å². The van der Waals surface area contributed by atoms with E-state index >= 15 is 0 Å². The number of benzene rings is 1. The molecule has 0 atom stereocenters. The average Bonchev–Trinajstić information content (AvgIpc) is 2.74. The van der Waals surface area contributed by atoms with Gasteiger partial charge in [-0.1, -0.05) is 23.7 Å². The van der Waals surface area contributed by atoms with Crippen LogP contribution < -0.4 is 11.1 Å². The van der Waals surface area contributed by atoms with Gasteiger partial charge in [0.25, 0.3) is 5.56 Å². The highest BCUT2D eigenvalue weighted by molar-refractivity contribution is 6.30. The van der Waals surface area contributed by atoms with E-state index in [0.29, 0.717) is 16.9 Å². The van der Waals surface area contributed by atoms with Crippen molar-refractivity contribution in [3.05, 3.63) is 85.5 Å². The van der Waals surface area contributed by atoms with Crippen LogP contribution in [0.25, 0.3) is 33.4 Å². The van der Waals surface area contributed by atoms with Gasteiger partial charge in [-0.15, -0.1) is 0 Å².